The Morgan fingerprint density at radius 2 is 2.20 bits per heavy atom. The number of hydrogen-bond donors (Lipinski definition) is 5. The summed E-state index contributed by atoms with van der Waals surface area (Å²) in [5, 5.41) is 8.20. The molecule has 0 aromatic carbocycles. The summed E-state index contributed by atoms with van der Waals surface area (Å²) in [5.74, 6) is 0.132. The molecule has 0 bridgehead atoms. The molecule has 11 nitrogen and oxygen atoms in total. The number of nitrogen functional groups attached to an aromatic ring is 1. The highest BCUT2D eigenvalue weighted by atomic mass is 16.3. The van der Waals surface area contributed by atoms with E-state index in [-0.39, 0.29) is 35.4 Å². The van der Waals surface area contributed by atoms with Crippen molar-refractivity contribution in [2.45, 2.75) is 38.8 Å². The standard InChI is InChI=1S/C24H31N9O2/c1-13(2)15-8-19-22(30-9-15)20(23(26)35-19)24(34)32-17-10-28-5-4-18(17)33-11-14(3)21(16(25)12-33)29-6-7-31-27/h4-10,13-14,16,21,27,29H,11-12,25-26H2,1-3H3,(H,32,34)/p+1. The molecule has 3 unspecified atom stereocenters. The Hall–Kier alpha value is -3.83. The van der Waals surface area contributed by atoms with Gasteiger partial charge in [0, 0.05) is 31.4 Å². The molecule has 1 saturated heterocycles. The monoisotopic (exact) mass is 478 g/mol. The van der Waals surface area contributed by atoms with Crippen molar-refractivity contribution in [1.29, 1.82) is 5.53 Å². The Morgan fingerprint density at radius 3 is 2.91 bits per heavy atom. The van der Waals surface area contributed by atoms with E-state index in [2.05, 4.69) is 46.1 Å². The molecule has 0 aliphatic carbocycles. The normalized spacial score (nSPS) is 20.6. The molecule has 1 amide bonds. The zero-order valence-corrected chi connectivity index (χ0v) is 20.1. The number of rotatable bonds is 7. The highest BCUT2D eigenvalue weighted by molar-refractivity contribution is 6.15. The summed E-state index contributed by atoms with van der Waals surface area (Å²) in [5.41, 5.74) is 23.0. The lowest BCUT2D eigenvalue weighted by Crippen LogP contribution is -2.92. The molecular weight excluding hydrogens is 446 g/mol. The lowest BCUT2D eigenvalue weighted by atomic mass is 9.90. The van der Waals surface area contributed by atoms with Crippen LogP contribution in [0.25, 0.3) is 11.1 Å². The Balaban J connectivity index is 1.57. The van der Waals surface area contributed by atoms with Crippen LogP contribution in [0.15, 0.2) is 52.7 Å². The van der Waals surface area contributed by atoms with Crippen molar-refractivity contribution < 1.29 is 14.5 Å². The van der Waals surface area contributed by atoms with E-state index in [0.29, 0.717) is 23.3 Å². The molecule has 4 heterocycles. The number of carbonyl (C=O) groups is 1. The molecule has 1 fully saturated rings. The van der Waals surface area contributed by atoms with Crippen LogP contribution in [0.4, 0.5) is 17.3 Å². The second-order valence-electron chi connectivity index (χ2n) is 9.24. The third-order valence-corrected chi connectivity index (χ3v) is 6.44. The number of furan rings is 1. The molecule has 4 rings (SSSR count). The Bertz CT molecular complexity index is 1240. The predicted molar refractivity (Wildman–Crippen MR) is 134 cm³/mol. The van der Waals surface area contributed by atoms with E-state index in [1.807, 2.05) is 17.4 Å². The van der Waals surface area contributed by atoms with Gasteiger partial charge in [-0.25, -0.2) is 5.53 Å². The minimum Gasteiger partial charge on any atom is -0.438 e. The third kappa shape index (κ3) is 5.00. The number of piperidine rings is 1. The topological polar surface area (TPSA) is 176 Å². The molecule has 0 saturated carbocycles. The average molecular weight is 479 g/mol. The third-order valence-electron chi connectivity index (χ3n) is 6.44. The van der Waals surface area contributed by atoms with E-state index >= 15 is 0 Å². The van der Waals surface area contributed by atoms with Gasteiger partial charge >= 0.3 is 0 Å². The number of nitrogens with one attached hydrogen (secondary N) is 2. The van der Waals surface area contributed by atoms with Crippen LogP contribution in [0.5, 0.6) is 0 Å². The van der Waals surface area contributed by atoms with Crippen LogP contribution in [-0.2, 0) is 0 Å². The maximum atomic E-state index is 13.3. The van der Waals surface area contributed by atoms with E-state index in [9.17, 15) is 4.79 Å². The highest BCUT2D eigenvalue weighted by Crippen LogP contribution is 2.32. The molecule has 3 aromatic heterocycles. The molecule has 0 spiro atoms. The zero-order chi connectivity index (χ0) is 25.1. The number of amides is 1. The Labute approximate surface area is 203 Å². The predicted octanol–water partition coefficient (Wildman–Crippen LogP) is 2.40. The molecule has 184 valence electrons. The molecule has 11 heteroatoms. The first-order valence-corrected chi connectivity index (χ1v) is 11.6. The molecule has 0 radical (unpaired) electrons. The van der Waals surface area contributed by atoms with Gasteiger partial charge in [0.2, 0.25) is 5.88 Å². The quantitative estimate of drug-likeness (QED) is 0.324. The van der Waals surface area contributed by atoms with Gasteiger partial charge in [-0.15, -0.1) is 0 Å². The van der Waals surface area contributed by atoms with Gasteiger partial charge in [0.25, 0.3) is 5.91 Å². The van der Waals surface area contributed by atoms with Gasteiger partial charge in [-0.05, 0) is 23.6 Å². The first-order valence-electron chi connectivity index (χ1n) is 11.6. The van der Waals surface area contributed by atoms with Crippen LogP contribution in [0.3, 0.4) is 0 Å². The molecule has 3 atom stereocenters. The van der Waals surface area contributed by atoms with Gasteiger partial charge in [-0.1, -0.05) is 20.8 Å². The van der Waals surface area contributed by atoms with Gasteiger partial charge in [0.05, 0.1) is 23.6 Å². The van der Waals surface area contributed by atoms with Crippen LogP contribution in [0.2, 0.25) is 0 Å². The number of hydrogen-bond acceptors (Lipinski definition) is 9. The van der Waals surface area contributed by atoms with Gasteiger partial charge in [-0.3, -0.25) is 14.8 Å². The summed E-state index contributed by atoms with van der Waals surface area (Å²) in [7, 11) is 0. The van der Waals surface area contributed by atoms with Crippen molar-refractivity contribution in [3.05, 3.63) is 54.3 Å². The largest absolute Gasteiger partial charge is 0.438 e. The van der Waals surface area contributed by atoms with Crippen LogP contribution in [-0.4, -0.2) is 41.0 Å². The van der Waals surface area contributed by atoms with E-state index in [0.717, 1.165) is 17.8 Å². The number of quaternary nitrogens is 1. The fourth-order valence-corrected chi connectivity index (χ4v) is 4.58. The number of pyridine rings is 2. The highest BCUT2D eigenvalue weighted by Gasteiger charge is 2.35. The SMILES string of the molecule is CC(C)c1cnc2c(C(=O)Nc3cnccc3N3CC(C)C([NH2+]C=CN=N)C(N)C3)c(N)oc2c1. The number of anilines is 3. The first-order chi connectivity index (χ1) is 16.8. The van der Waals surface area contributed by atoms with Gasteiger partial charge in [-0.2, -0.15) is 5.11 Å². The van der Waals surface area contributed by atoms with E-state index < -0.39 is 5.91 Å². The lowest BCUT2D eigenvalue weighted by Gasteiger charge is -2.40. The smallest absolute Gasteiger partial charge is 0.263 e. The summed E-state index contributed by atoms with van der Waals surface area (Å²) in [4.78, 5) is 24.1. The number of carbonyl (C=O) groups excluding carboxylic acids is 1. The van der Waals surface area contributed by atoms with Crippen molar-refractivity contribution in [2.75, 3.05) is 29.0 Å². The minimum absolute atomic E-state index is 0.0239. The second kappa shape index (κ2) is 10.2. The van der Waals surface area contributed by atoms with Crippen molar-refractivity contribution in [1.82, 2.24) is 9.97 Å². The van der Waals surface area contributed by atoms with Gasteiger partial charge in [0.15, 0.2) is 5.58 Å². The summed E-state index contributed by atoms with van der Waals surface area (Å²) in [6.07, 6.45) is 8.24. The number of aromatic nitrogens is 2. The number of fused-ring (bicyclic) bond motifs is 1. The van der Waals surface area contributed by atoms with Crippen LogP contribution < -0.4 is 27.0 Å². The number of nitrogens with zero attached hydrogens (tertiary/aromatic N) is 4. The van der Waals surface area contributed by atoms with E-state index in [4.69, 9.17) is 21.4 Å². The average Bonchev–Trinajstić information content (AvgIpc) is 3.16. The second-order valence-corrected chi connectivity index (χ2v) is 9.24. The van der Waals surface area contributed by atoms with E-state index in [1.165, 1.54) is 6.20 Å². The molecule has 8 N–H and O–H groups in total. The van der Waals surface area contributed by atoms with Crippen LogP contribution >= 0.6 is 0 Å². The summed E-state index contributed by atoms with van der Waals surface area (Å²) in [6, 6.07) is 3.76. The maximum Gasteiger partial charge on any atom is 0.263 e. The Morgan fingerprint density at radius 1 is 1.40 bits per heavy atom. The molecular formula is C24H32N9O2+. The lowest BCUT2D eigenvalue weighted by molar-refractivity contribution is -0.637. The molecule has 1 aliphatic heterocycles. The maximum absolute atomic E-state index is 13.3. The zero-order valence-electron chi connectivity index (χ0n) is 20.1. The van der Waals surface area contributed by atoms with Crippen LogP contribution in [0, 0.1) is 11.4 Å². The van der Waals surface area contributed by atoms with Crippen molar-refractivity contribution in [3.8, 4) is 0 Å². The van der Waals surface area contributed by atoms with Crippen molar-refractivity contribution in [2.24, 2.45) is 16.8 Å². The summed E-state index contributed by atoms with van der Waals surface area (Å²) < 4.78 is 5.66. The fourth-order valence-electron chi connectivity index (χ4n) is 4.58. The Kier molecular flexibility index (Phi) is 7.08. The number of nitrogens with two attached hydrogens (primary N) is 3. The summed E-state index contributed by atoms with van der Waals surface area (Å²) >= 11 is 0. The minimum atomic E-state index is -0.412. The van der Waals surface area contributed by atoms with Crippen molar-refractivity contribution >= 4 is 34.3 Å². The van der Waals surface area contributed by atoms with Gasteiger partial charge in [0.1, 0.15) is 29.5 Å². The van der Waals surface area contributed by atoms with Crippen LogP contribution in [0.1, 0.15) is 42.6 Å². The fraction of sp³-hybridized carbons (Fsp3) is 0.375. The van der Waals surface area contributed by atoms with E-state index in [1.54, 1.807) is 24.8 Å². The van der Waals surface area contributed by atoms with Gasteiger partial charge < -0.3 is 31.4 Å². The summed E-state index contributed by atoms with van der Waals surface area (Å²) in [6.45, 7) is 7.59. The first kappa shape index (κ1) is 24.3. The molecule has 3 aromatic rings. The molecule has 35 heavy (non-hydrogen) atoms. The van der Waals surface area contributed by atoms with Crippen molar-refractivity contribution in [3.63, 3.8) is 0 Å². The molecule has 1 aliphatic rings.